The standard InChI is InChI=1S/C20H27N5O2/c1-4-5-15-11-19(25-9-8-17(12-25)21-14(3)26)24-20(22-15)23-16-7-6-13(2)18(27)10-16/h6-7,10-11,17,27H,4-5,8-9,12H2,1-3H3,(H,21,26)(H,22,23,24)/t17-/m0/s1. The molecule has 7 heteroatoms. The molecular formula is C20H27N5O2. The Morgan fingerprint density at radius 2 is 2.15 bits per heavy atom. The van der Waals surface area contributed by atoms with Gasteiger partial charge in [-0.3, -0.25) is 4.79 Å². The van der Waals surface area contributed by atoms with E-state index in [9.17, 15) is 9.90 Å². The maximum Gasteiger partial charge on any atom is 0.229 e. The van der Waals surface area contributed by atoms with Crippen molar-refractivity contribution in [2.45, 2.75) is 46.1 Å². The molecule has 3 N–H and O–H groups in total. The molecule has 0 spiro atoms. The van der Waals surface area contributed by atoms with Gasteiger partial charge in [0.1, 0.15) is 11.6 Å². The minimum absolute atomic E-state index is 0.00209. The lowest BCUT2D eigenvalue weighted by Crippen LogP contribution is -2.35. The molecule has 27 heavy (non-hydrogen) atoms. The van der Waals surface area contributed by atoms with E-state index in [0.29, 0.717) is 5.95 Å². The average molecular weight is 369 g/mol. The van der Waals surface area contributed by atoms with E-state index in [-0.39, 0.29) is 17.7 Å². The van der Waals surface area contributed by atoms with Crippen molar-refractivity contribution in [3.05, 3.63) is 35.5 Å². The monoisotopic (exact) mass is 369 g/mol. The van der Waals surface area contributed by atoms with E-state index in [1.165, 1.54) is 0 Å². The zero-order chi connectivity index (χ0) is 19.4. The van der Waals surface area contributed by atoms with Gasteiger partial charge in [0, 0.05) is 49.6 Å². The molecule has 1 saturated heterocycles. The number of aryl methyl sites for hydroxylation is 2. The summed E-state index contributed by atoms with van der Waals surface area (Å²) < 4.78 is 0. The molecule has 0 radical (unpaired) electrons. The summed E-state index contributed by atoms with van der Waals surface area (Å²) in [6, 6.07) is 7.60. The van der Waals surface area contributed by atoms with Crippen LogP contribution in [0.25, 0.3) is 0 Å². The highest BCUT2D eigenvalue weighted by Gasteiger charge is 2.24. The van der Waals surface area contributed by atoms with Crippen molar-refractivity contribution in [2.75, 3.05) is 23.3 Å². The summed E-state index contributed by atoms with van der Waals surface area (Å²) >= 11 is 0. The van der Waals surface area contributed by atoms with E-state index < -0.39 is 0 Å². The van der Waals surface area contributed by atoms with E-state index >= 15 is 0 Å². The molecule has 2 heterocycles. The molecule has 0 saturated carbocycles. The Morgan fingerprint density at radius 1 is 1.33 bits per heavy atom. The van der Waals surface area contributed by atoms with Crippen molar-refractivity contribution >= 4 is 23.4 Å². The van der Waals surface area contributed by atoms with Crippen LogP contribution >= 0.6 is 0 Å². The lowest BCUT2D eigenvalue weighted by molar-refractivity contribution is -0.119. The zero-order valence-corrected chi connectivity index (χ0v) is 16.1. The van der Waals surface area contributed by atoms with Crippen LogP contribution in [0.3, 0.4) is 0 Å². The lowest BCUT2D eigenvalue weighted by Gasteiger charge is -2.19. The fourth-order valence-electron chi connectivity index (χ4n) is 3.28. The Morgan fingerprint density at radius 3 is 2.85 bits per heavy atom. The van der Waals surface area contributed by atoms with Gasteiger partial charge in [-0.2, -0.15) is 4.98 Å². The van der Waals surface area contributed by atoms with Gasteiger partial charge in [0.05, 0.1) is 0 Å². The molecule has 2 aromatic rings. The first-order valence-corrected chi connectivity index (χ1v) is 9.41. The van der Waals surface area contributed by atoms with Crippen molar-refractivity contribution in [3.8, 4) is 5.75 Å². The van der Waals surface area contributed by atoms with Gasteiger partial charge in [-0.15, -0.1) is 0 Å². The van der Waals surface area contributed by atoms with E-state index in [4.69, 9.17) is 0 Å². The predicted octanol–water partition coefficient (Wildman–Crippen LogP) is 2.90. The molecule has 1 atom stereocenters. The van der Waals surface area contributed by atoms with Crippen molar-refractivity contribution < 1.29 is 9.90 Å². The molecule has 7 nitrogen and oxygen atoms in total. The highest BCUT2D eigenvalue weighted by Crippen LogP contribution is 2.25. The zero-order valence-electron chi connectivity index (χ0n) is 16.1. The number of phenolic OH excluding ortho intramolecular Hbond substituents is 1. The van der Waals surface area contributed by atoms with E-state index in [2.05, 4.69) is 32.4 Å². The highest BCUT2D eigenvalue weighted by molar-refractivity contribution is 5.73. The van der Waals surface area contributed by atoms with Gasteiger partial charge in [-0.05, 0) is 31.4 Å². The van der Waals surface area contributed by atoms with Crippen molar-refractivity contribution in [1.82, 2.24) is 15.3 Å². The van der Waals surface area contributed by atoms with Crippen LogP contribution in [0.1, 0.15) is 37.9 Å². The van der Waals surface area contributed by atoms with Crippen molar-refractivity contribution in [2.24, 2.45) is 0 Å². The second kappa shape index (κ2) is 8.24. The van der Waals surface area contributed by atoms with Crippen LogP contribution in [0.5, 0.6) is 5.75 Å². The highest BCUT2D eigenvalue weighted by atomic mass is 16.3. The maximum atomic E-state index is 11.3. The summed E-state index contributed by atoms with van der Waals surface area (Å²) in [7, 11) is 0. The van der Waals surface area contributed by atoms with Gasteiger partial charge >= 0.3 is 0 Å². The number of rotatable bonds is 6. The van der Waals surface area contributed by atoms with Crippen LogP contribution in [0.15, 0.2) is 24.3 Å². The Balaban J connectivity index is 1.82. The van der Waals surface area contributed by atoms with Gasteiger partial charge in [-0.1, -0.05) is 19.4 Å². The van der Waals surface area contributed by atoms with Crippen LogP contribution in [-0.2, 0) is 11.2 Å². The summed E-state index contributed by atoms with van der Waals surface area (Å²) in [6.07, 6.45) is 2.77. The summed E-state index contributed by atoms with van der Waals surface area (Å²) in [5.74, 6) is 1.61. The molecule has 1 aliphatic rings. The third-order valence-corrected chi connectivity index (χ3v) is 4.66. The SMILES string of the molecule is CCCc1cc(N2CC[C@H](NC(C)=O)C2)nc(Nc2ccc(C)c(O)c2)n1. The second-order valence-corrected chi connectivity index (χ2v) is 7.05. The topological polar surface area (TPSA) is 90.4 Å². The van der Waals surface area contributed by atoms with Gasteiger partial charge in [-0.25, -0.2) is 4.98 Å². The molecule has 1 fully saturated rings. The molecule has 0 unspecified atom stereocenters. The van der Waals surface area contributed by atoms with Gasteiger partial charge in [0.15, 0.2) is 0 Å². The molecule has 1 aromatic heterocycles. The predicted molar refractivity (Wildman–Crippen MR) is 107 cm³/mol. The number of anilines is 3. The van der Waals surface area contributed by atoms with E-state index in [1.54, 1.807) is 13.0 Å². The number of amides is 1. The lowest BCUT2D eigenvalue weighted by atomic mass is 10.2. The molecule has 144 valence electrons. The average Bonchev–Trinajstić information content (AvgIpc) is 3.06. The number of nitrogens with zero attached hydrogens (tertiary/aromatic N) is 3. The number of phenols is 1. The fraction of sp³-hybridized carbons (Fsp3) is 0.450. The van der Waals surface area contributed by atoms with Gasteiger partial charge < -0.3 is 20.6 Å². The third-order valence-electron chi connectivity index (χ3n) is 4.66. The minimum atomic E-state index is -0.00209. The second-order valence-electron chi connectivity index (χ2n) is 7.05. The van der Waals surface area contributed by atoms with Crippen molar-refractivity contribution in [1.29, 1.82) is 0 Å². The minimum Gasteiger partial charge on any atom is -0.508 e. The smallest absolute Gasteiger partial charge is 0.229 e. The number of carbonyl (C=O) groups excluding carboxylic acids is 1. The van der Waals surface area contributed by atoms with Crippen LogP contribution in [0.2, 0.25) is 0 Å². The molecule has 3 rings (SSSR count). The fourth-order valence-corrected chi connectivity index (χ4v) is 3.28. The first-order valence-electron chi connectivity index (χ1n) is 9.41. The van der Waals surface area contributed by atoms with Crippen molar-refractivity contribution in [3.63, 3.8) is 0 Å². The summed E-state index contributed by atoms with van der Waals surface area (Å²) in [6.45, 7) is 7.11. The third kappa shape index (κ3) is 4.87. The first-order chi connectivity index (χ1) is 12.9. The number of aromatic nitrogens is 2. The van der Waals surface area contributed by atoms with Gasteiger partial charge in [0.2, 0.25) is 11.9 Å². The molecule has 1 aliphatic heterocycles. The number of carbonyl (C=O) groups is 1. The summed E-state index contributed by atoms with van der Waals surface area (Å²) in [5.41, 5.74) is 2.54. The van der Waals surface area contributed by atoms with E-state index in [0.717, 1.165) is 55.1 Å². The quantitative estimate of drug-likeness (QED) is 0.725. The maximum absolute atomic E-state index is 11.3. The molecule has 1 amide bonds. The molecule has 0 aliphatic carbocycles. The van der Waals surface area contributed by atoms with Crippen LogP contribution in [0.4, 0.5) is 17.5 Å². The van der Waals surface area contributed by atoms with Crippen LogP contribution < -0.4 is 15.5 Å². The number of hydrogen-bond donors (Lipinski definition) is 3. The Bertz CT molecular complexity index is 824. The number of hydrogen-bond acceptors (Lipinski definition) is 6. The van der Waals surface area contributed by atoms with Gasteiger partial charge in [0.25, 0.3) is 0 Å². The number of nitrogens with one attached hydrogen (secondary N) is 2. The summed E-state index contributed by atoms with van der Waals surface area (Å²) in [5, 5.41) is 16.1. The number of benzene rings is 1. The Hall–Kier alpha value is -2.83. The van der Waals surface area contributed by atoms with Crippen LogP contribution in [-0.4, -0.2) is 40.1 Å². The largest absolute Gasteiger partial charge is 0.508 e. The van der Waals surface area contributed by atoms with E-state index in [1.807, 2.05) is 25.1 Å². The number of aromatic hydroxyl groups is 1. The normalized spacial score (nSPS) is 16.4. The molecule has 1 aromatic carbocycles. The summed E-state index contributed by atoms with van der Waals surface area (Å²) in [4.78, 5) is 22.8. The Labute approximate surface area is 159 Å². The Kier molecular flexibility index (Phi) is 5.78. The first kappa shape index (κ1) is 18.9. The van der Waals surface area contributed by atoms with Crippen LogP contribution in [0, 0.1) is 6.92 Å². The molecular weight excluding hydrogens is 342 g/mol. The molecule has 0 bridgehead atoms.